The Morgan fingerprint density at radius 3 is 2.75 bits per heavy atom. The van der Waals surface area contributed by atoms with E-state index in [9.17, 15) is 0 Å². The fraction of sp³-hybridized carbons (Fsp3) is 0.769. The monoisotopic (exact) mass is 238 g/mol. The molecule has 0 unspecified atom stereocenters. The van der Waals surface area contributed by atoms with Crippen molar-refractivity contribution < 1.29 is 0 Å². The molecule has 1 heterocycles. The molecule has 0 saturated heterocycles. The summed E-state index contributed by atoms with van der Waals surface area (Å²) >= 11 is 1.85. The third kappa shape index (κ3) is 2.83. The molecule has 0 aromatic carbocycles. The highest BCUT2D eigenvalue weighted by Crippen LogP contribution is 2.36. The predicted molar refractivity (Wildman–Crippen MR) is 69.9 cm³/mol. The maximum atomic E-state index is 5.76. The van der Waals surface area contributed by atoms with Crippen molar-refractivity contribution in [2.45, 2.75) is 51.9 Å². The van der Waals surface area contributed by atoms with Crippen molar-refractivity contribution in [2.75, 3.05) is 6.54 Å². The van der Waals surface area contributed by atoms with Gasteiger partial charge in [0.2, 0.25) is 0 Å². The van der Waals surface area contributed by atoms with Gasteiger partial charge in [0, 0.05) is 11.3 Å². The van der Waals surface area contributed by atoms with Crippen LogP contribution < -0.4 is 5.73 Å². The first kappa shape index (κ1) is 12.1. The number of nitrogens with zero attached hydrogens (tertiary/aromatic N) is 1. The minimum Gasteiger partial charge on any atom is -0.330 e. The quantitative estimate of drug-likeness (QED) is 0.874. The molecule has 1 fully saturated rings. The van der Waals surface area contributed by atoms with Crippen molar-refractivity contribution in [3.63, 3.8) is 0 Å². The van der Waals surface area contributed by atoms with Gasteiger partial charge >= 0.3 is 0 Å². The van der Waals surface area contributed by atoms with Gasteiger partial charge < -0.3 is 5.73 Å². The molecule has 3 heteroatoms. The molecule has 1 aromatic heterocycles. The van der Waals surface area contributed by atoms with Crippen molar-refractivity contribution in [1.82, 2.24) is 4.98 Å². The zero-order valence-corrected chi connectivity index (χ0v) is 11.1. The van der Waals surface area contributed by atoms with Crippen LogP contribution in [0.25, 0.3) is 0 Å². The number of nitrogens with two attached hydrogens (primary N) is 1. The average Bonchev–Trinajstić information content (AvgIpc) is 2.86. The van der Waals surface area contributed by atoms with Crippen molar-refractivity contribution in [3.05, 3.63) is 16.1 Å². The van der Waals surface area contributed by atoms with E-state index in [4.69, 9.17) is 10.7 Å². The molecule has 1 saturated carbocycles. The summed E-state index contributed by atoms with van der Waals surface area (Å²) in [5.41, 5.74) is 7.18. The molecular formula is C13H22N2S. The molecule has 0 atom stereocenters. The normalized spacial score (nSPS) is 18.2. The number of aromatic nitrogens is 1. The second kappa shape index (κ2) is 4.84. The van der Waals surface area contributed by atoms with E-state index in [0.717, 1.165) is 18.9 Å². The first-order valence-corrected chi connectivity index (χ1v) is 7.13. The molecule has 0 bridgehead atoms. The van der Waals surface area contributed by atoms with Gasteiger partial charge in [-0.3, -0.25) is 0 Å². The second-order valence-electron chi connectivity index (χ2n) is 5.70. The number of hydrogen-bond donors (Lipinski definition) is 1. The third-order valence-corrected chi connectivity index (χ3v) is 4.54. The molecule has 0 amide bonds. The van der Waals surface area contributed by atoms with Crippen molar-refractivity contribution in [1.29, 1.82) is 0 Å². The third-order valence-electron chi connectivity index (χ3n) is 3.49. The molecular weight excluding hydrogens is 216 g/mol. The lowest BCUT2D eigenvalue weighted by molar-refractivity contribution is 0.373. The molecule has 0 radical (unpaired) electrons. The maximum absolute atomic E-state index is 5.76. The molecule has 16 heavy (non-hydrogen) atoms. The number of hydrogen-bond acceptors (Lipinski definition) is 3. The molecule has 1 aromatic rings. The Morgan fingerprint density at radius 1 is 1.44 bits per heavy atom. The Bertz CT molecular complexity index is 337. The van der Waals surface area contributed by atoms with E-state index in [1.807, 2.05) is 11.3 Å². The van der Waals surface area contributed by atoms with E-state index in [1.165, 1.54) is 36.4 Å². The topological polar surface area (TPSA) is 38.9 Å². The van der Waals surface area contributed by atoms with Crippen LogP contribution in [-0.2, 0) is 6.42 Å². The molecule has 2 rings (SSSR count). The van der Waals surface area contributed by atoms with Gasteiger partial charge in [0.15, 0.2) is 0 Å². The first-order chi connectivity index (χ1) is 7.61. The molecule has 0 aliphatic heterocycles. The summed E-state index contributed by atoms with van der Waals surface area (Å²) in [5, 5.41) is 3.59. The summed E-state index contributed by atoms with van der Waals surface area (Å²) in [6.07, 6.45) is 6.45. The van der Waals surface area contributed by atoms with Crippen LogP contribution in [0.15, 0.2) is 5.38 Å². The van der Waals surface area contributed by atoms with Crippen molar-refractivity contribution >= 4 is 11.3 Å². The van der Waals surface area contributed by atoms with Gasteiger partial charge in [0.1, 0.15) is 0 Å². The zero-order chi connectivity index (χ0) is 11.6. The molecule has 2 nitrogen and oxygen atoms in total. The highest BCUT2D eigenvalue weighted by molar-refractivity contribution is 7.09. The smallest absolute Gasteiger partial charge is 0.0959 e. The lowest BCUT2D eigenvalue weighted by Crippen LogP contribution is -2.26. The van der Waals surface area contributed by atoms with E-state index in [0.29, 0.717) is 0 Å². The van der Waals surface area contributed by atoms with Crippen LogP contribution >= 0.6 is 11.3 Å². The molecule has 1 aliphatic rings. The molecule has 0 spiro atoms. The van der Waals surface area contributed by atoms with Crippen LogP contribution in [0.1, 0.15) is 56.2 Å². The lowest BCUT2D eigenvalue weighted by atomic mass is 9.88. The Hall–Kier alpha value is -0.410. The first-order valence-electron chi connectivity index (χ1n) is 6.25. The highest BCUT2D eigenvalue weighted by atomic mass is 32.1. The van der Waals surface area contributed by atoms with Gasteiger partial charge in [-0.2, -0.15) is 0 Å². The maximum Gasteiger partial charge on any atom is 0.0959 e. The molecule has 1 aliphatic carbocycles. The largest absolute Gasteiger partial charge is 0.330 e. The summed E-state index contributed by atoms with van der Waals surface area (Å²) in [6.45, 7) is 5.15. The molecule has 90 valence electrons. The van der Waals surface area contributed by atoms with Gasteiger partial charge in [0.05, 0.1) is 10.7 Å². The summed E-state index contributed by atoms with van der Waals surface area (Å²) < 4.78 is 0. The Kier molecular flexibility index (Phi) is 3.65. The van der Waals surface area contributed by atoms with Gasteiger partial charge in [-0.15, -0.1) is 11.3 Å². The minimum atomic E-state index is 0.182. The molecule has 2 N–H and O–H groups in total. The van der Waals surface area contributed by atoms with E-state index in [-0.39, 0.29) is 5.41 Å². The zero-order valence-electron chi connectivity index (χ0n) is 10.3. The Morgan fingerprint density at radius 2 is 2.12 bits per heavy atom. The SMILES string of the molecule is CC(C)(CN)Cc1csc(C2CCCC2)n1. The predicted octanol–water partition coefficient (Wildman–Crippen LogP) is 3.33. The van der Waals surface area contributed by atoms with E-state index < -0.39 is 0 Å². The Labute approximate surface area is 102 Å². The summed E-state index contributed by atoms with van der Waals surface area (Å²) in [4.78, 5) is 4.79. The van der Waals surface area contributed by atoms with Crippen LogP contribution in [0.4, 0.5) is 0 Å². The van der Waals surface area contributed by atoms with Crippen LogP contribution in [-0.4, -0.2) is 11.5 Å². The summed E-state index contributed by atoms with van der Waals surface area (Å²) in [7, 11) is 0. The summed E-state index contributed by atoms with van der Waals surface area (Å²) in [6, 6.07) is 0. The fourth-order valence-electron chi connectivity index (χ4n) is 2.33. The standard InChI is InChI=1S/C13H22N2S/c1-13(2,9-14)7-11-8-16-12(15-11)10-5-3-4-6-10/h8,10H,3-7,9,14H2,1-2H3. The van der Waals surface area contributed by atoms with Gasteiger partial charge in [-0.05, 0) is 31.2 Å². The minimum absolute atomic E-state index is 0.182. The van der Waals surface area contributed by atoms with E-state index >= 15 is 0 Å². The van der Waals surface area contributed by atoms with Crippen molar-refractivity contribution in [2.24, 2.45) is 11.1 Å². The lowest BCUT2D eigenvalue weighted by Gasteiger charge is -2.20. The average molecular weight is 238 g/mol. The van der Waals surface area contributed by atoms with Crippen LogP contribution in [0, 0.1) is 5.41 Å². The van der Waals surface area contributed by atoms with Gasteiger partial charge in [-0.1, -0.05) is 26.7 Å². The van der Waals surface area contributed by atoms with Crippen LogP contribution in [0.3, 0.4) is 0 Å². The number of rotatable bonds is 4. The van der Waals surface area contributed by atoms with Crippen molar-refractivity contribution in [3.8, 4) is 0 Å². The fourth-order valence-corrected chi connectivity index (χ4v) is 3.32. The van der Waals surface area contributed by atoms with Crippen LogP contribution in [0.2, 0.25) is 0 Å². The van der Waals surface area contributed by atoms with Gasteiger partial charge in [-0.25, -0.2) is 4.98 Å². The second-order valence-corrected chi connectivity index (χ2v) is 6.59. The van der Waals surface area contributed by atoms with Gasteiger partial charge in [0.25, 0.3) is 0 Å². The van der Waals surface area contributed by atoms with Crippen LogP contribution in [0.5, 0.6) is 0 Å². The highest BCUT2D eigenvalue weighted by Gasteiger charge is 2.22. The van der Waals surface area contributed by atoms with E-state index in [1.54, 1.807) is 0 Å². The number of thiazole rings is 1. The summed E-state index contributed by atoms with van der Waals surface area (Å²) in [5.74, 6) is 0.750. The van der Waals surface area contributed by atoms with E-state index in [2.05, 4.69) is 19.2 Å². The Balaban J connectivity index is 2.01.